The monoisotopic (exact) mass is 298 g/mol. The zero-order chi connectivity index (χ0) is 14.8. The Labute approximate surface area is 118 Å². The van der Waals surface area contributed by atoms with Crippen molar-refractivity contribution in [3.8, 4) is 0 Å². The molecule has 0 saturated carbocycles. The largest absolute Gasteiger partial charge is 0.378 e. The first-order valence-corrected chi connectivity index (χ1v) is 7.96. The van der Waals surface area contributed by atoms with Gasteiger partial charge in [0.25, 0.3) is 5.91 Å². The fourth-order valence-corrected chi connectivity index (χ4v) is 2.71. The van der Waals surface area contributed by atoms with Crippen LogP contribution in [0.5, 0.6) is 0 Å². The van der Waals surface area contributed by atoms with Crippen molar-refractivity contribution in [2.45, 2.75) is 36.8 Å². The molecule has 1 aliphatic rings. The molecule has 0 aliphatic carbocycles. The van der Waals surface area contributed by atoms with Gasteiger partial charge in [-0.1, -0.05) is 0 Å². The number of rotatable bonds is 3. The first-order chi connectivity index (χ1) is 9.36. The lowest BCUT2D eigenvalue weighted by Gasteiger charge is -2.27. The average molecular weight is 298 g/mol. The van der Waals surface area contributed by atoms with E-state index in [9.17, 15) is 13.2 Å². The molecule has 2 atom stereocenters. The molecule has 0 bridgehead atoms. The first-order valence-electron chi connectivity index (χ1n) is 6.41. The van der Waals surface area contributed by atoms with Crippen molar-refractivity contribution in [3.05, 3.63) is 29.8 Å². The van der Waals surface area contributed by atoms with Crippen LogP contribution in [0.3, 0.4) is 0 Å². The van der Waals surface area contributed by atoms with E-state index in [0.717, 1.165) is 12.8 Å². The van der Waals surface area contributed by atoms with Gasteiger partial charge in [-0.25, -0.2) is 13.6 Å². The molecule has 1 saturated heterocycles. The SMILES string of the molecule is CC1CC(NC(=O)c2ccc(S(N)(=O)=O)cc2)CCO1. The molecule has 0 aromatic heterocycles. The predicted molar refractivity (Wildman–Crippen MR) is 73.7 cm³/mol. The van der Waals surface area contributed by atoms with E-state index >= 15 is 0 Å². The summed E-state index contributed by atoms with van der Waals surface area (Å²) in [7, 11) is -3.73. The van der Waals surface area contributed by atoms with Gasteiger partial charge in [0.1, 0.15) is 0 Å². The molecule has 1 aromatic carbocycles. The minimum atomic E-state index is -3.73. The third-order valence-electron chi connectivity index (χ3n) is 3.27. The van der Waals surface area contributed by atoms with Crippen LogP contribution < -0.4 is 10.5 Å². The Morgan fingerprint density at radius 2 is 2.00 bits per heavy atom. The van der Waals surface area contributed by atoms with Crippen LogP contribution in [0.1, 0.15) is 30.1 Å². The van der Waals surface area contributed by atoms with E-state index in [1.165, 1.54) is 24.3 Å². The lowest BCUT2D eigenvalue weighted by Crippen LogP contribution is -2.41. The van der Waals surface area contributed by atoms with E-state index in [0.29, 0.717) is 12.2 Å². The molecule has 110 valence electrons. The van der Waals surface area contributed by atoms with Gasteiger partial charge in [-0.15, -0.1) is 0 Å². The summed E-state index contributed by atoms with van der Waals surface area (Å²) < 4.78 is 27.7. The summed E-state index contributed by atoms with van der Waals surface area (Å²) in [4.78, 5) is 12.0. The van der Waals surface area contributed by atoms with E-state index < -0.39 is 10.0 Å². The van der Waals surface area contributed by atoms with Crippen molar-refractivity contribution in [2.75, 3.05) is 6.61 Å². The van der Waals surface area contributed by atoms with E-state index in [-0.39, 0.29) is 22.9 Å². The summed E-state index contributed by atoms with van der Waals surface area (Å²) in [6.07, 6.45) is 1.70. The first kappa shape index (κ1) is 15.0. The van der Waals surface area contributed by atoms with Crippen molar-refractivity contribution >= 4 is 15.9 Å². The lowest BCUT2D eigenvalue weighted by molar-refractivity contribution is 0.0136. The Kier molecular flexibility index (Phi) is 4.42. The van der Waals surface area contributed by atoms with Gasteiger partial charge < -0.3 is 10.1 Å². The zero-order valence-corrected chi connectivity index (χ0v) is 12.0. The van der Waals surface area contributed by atoms with Gasteiger partial charge in [-0.2, -0.15) is 0 Å². The maximum atomic E-state index is 12.0. The van der Waals surface area contributed by atoms with Crippen LogP contribution in [0.15, 0.2) is 29.2 Å². The summed E-state index contributed by atoms with van der Waals surface area (Å²) in [5.74, 6) is -0.218. The number of carbonyl (C=O) groups is 1. The quantitative estimate of drug-likeness (QED) is 0.855. The Hall–Kier alpha value is -1.44. The minimum absolute atomic E-state index is 0.00580. The Bertz CT molecular complexity index is 583. The summed E-state index contributed by atoms with van der Waals surface area (Å²) in [6, 6.07) is 5.66. The molecular weight excluding hydrogens is 280 g/mol. The Balaban J connectivity index is 2.02. The predicted octanol–water partition coefficient (Wildman–Crippen LogP) is 0.631. The molecule has 6 nitrogen and oxygen atoms in total. The number of hydrogen-bond acceptors (Lipinski definition) is 4. The molecule has 1 aliphatic heterocycles. The number of primary sulfonamides is 1. The maximum absolute atomic E-state index is 12.0. The number of hydrogen-bond donors (Lipinski definition) is 2. The van der Waals surface area contributed by atoms with Crippen molar-refractivity contribution in [1.29, 1.82) is 0 Å². The van der Waals surface area contributed by atoms with Gasteiger partial charge in [0.15, 0.2) is 0 Å². The fraction of sp³-hybridized carbons (Fsp3) is 0.462. The van der Waals surface area contributed by atoms with Crippen LogP contribution in [0.25, 0.3) is 0 Å². The Morgan fingerprint density at radius 3 is 2.55 bits per heavy atom. The molecule has 7 heteroatoms. The minimum Gasteiger partial charge on any atom is -0.378 e. The standard InChI is InChI=1S/C13H18N2O4S/c1-9-8-11(6-7-19-9)15-13(16)10-2-4-12(5-3-10)20(14,17)18/h2-5,9,11H,6-8H2,1H3,(H,15,16)(H2,14,17,18). The number of nitrogens with one attached hydrogen (secondary N) is 1. The smallest absolute Gasteiger partial charge is 0.251 e. The van der Waals surface area contributed by atoms with E-state index in [2.05, 4.69) is 5.32 Å². The molecular formula is C13H18N2O4S. The number of nitrogens with two attached hydrogens (primary N) is 1. The van der Waals surface area contributed by atoms with Crippen LogP contribution in [0.2, 0.25) is 0 Å². The number of carbonyl (C=O) groups excluding carboxylic acids is 1. The van der Waals surface area contributed by atoms with Gasteiger partial charge in [-0.3, -0.25) is 4.79 Å². The second kappa shape index (κ2) is 5.90. The molecule has 2 unspecified atom stereocenters. The maximum Gasteiger partial charge on any atom is 0.251 e. The highest BCUT2D eigenvalue weighted by Gasteiger charge is 2.21. The highest BCUT2D eigenvalue weighted by atomic mass is 32.2. The molecule has 1 amide bonds. The second-order valence-corrected chi connectivity index (χ2v) is 6.51. The van der Waals surface area contributed by atoms with Crippen LogP contribution in [-0.2, 0) is 14.8 Å². The highest BCUT2D eigenvalue weighted by molar-refractivity contribution is 7.89. The molecule has 1 heterocycles. The van der Waals surface area contributed by atoms with Gasteiger partial charge in [0, 0.05) is 18.2 Å². The van der Waals surface area contributed by atoms with E-state index in [1.807, 2.05) is 6.92 Å². The van der Waals surface area contributed by atoms with Crippen molar-refractivity contribution in [1.82, 2.24) is 5.32 Å². The molecule has 3 N–H and O–H groups in total. The third-order valence-corrected chi connectivity index (χ3v) is 4.19. The van der Waals surface area contributed by atoms with E-state index in [4.69, 9.17) is 9.88 Å². The normalized spacial score (nSPS) is 23.3. The van der Waals surface area contributed by atoms with Gasteiger partial charge in [0.05, 0.1) is 11.0 Å². The molecule has 20 heavy (non-hydrogen) atoms. The third kappa shape index (κ3) is 3.78. The molecule has 1 fully saturated rings. The Morgan fingerprint density at radius 1 is 1.35 bits per heavy atom. The van der Waals surface area contributed by atoms with Crippen LogP contribution in [0, 0.1) is 0 Å². The zero-order valence-electron chi connectivity index (χ0n) is 11.2. The number of benzene rings is 1. The van der Waals surface area contributed by atoms with Crippen LogP contribution in [0.4, 0.5) is 0 Å². The summed E-state index contributed by atoms with van der Waals surface area (Å²) >= 11 is 0. The average Bonchev–Trinajstić information content (AvgIpc) is 2.38. The van der Waals surface area contributed by atoms with Crippen LogP contribution >= 0.6 is 0 Å². The van der Waals surface area contributed by atoms with Crippen molar-refractivity contribution in [2.24, 2.45) is 5.14 Å². The van der Waals surface area contributed by atoms with Gasteiger partial charge in [0.2, 0.25) is 10.0 Å². The number of ether oxygens (including phenoxy) is 1. The number of amides is 1. The highest BCUT2D eigenvalue weighted by Crippen LogP contribution is 2.14. The molecule has 2 rings (SSSR count). The van der Waals surface area contributed by atoms with Gasteiger partial charge in [-0.05, 0) is 44.0 Å². The topological polar surface area (TPSA) is 98.5 Å². The lowest BCUT2D eigenvalue weighted by atomic mass is 10.0. The second-order valence-electron chi connectivity index (χ2n) is 4.95. The molecule has 1 aromatic rings. The molecule has 0 spiro atoms. The fourth-order valence-electron chi connectivity index (χ4n) is 2.19. The van der Waals surface area contributed by atoms with Crippen molar-refractivity contribution in [3.63, 3.8) is 0 Å². The van der Waals surface area contributed by atoms with Crippen LogP contribution in [-0.4, -0.2) is 33.1 Å². The number of sulfonamides is 1. The summed E-state index contributed by atoms with van der Waals surface area (Å²) in [6.45, 7) is 2.61. The summed E-state index contributed by atoms with van der Waals surface area (Å²) in [5.41, 5.74) is 0.413. The van der Waals surface area contributed by atoms with Crippen molar-refractivity contribution < 1.29 is 17.9 Å². The van der Waals surface area contributed by atoms with E-state index in [1.54, 1.807) is 0 Å². The summed E-state index contributed by atoms with van der Waals surface area (Å²) in [5, 5.41) is 7.93. The van der Waals surface area contributed by atoms with Gasteiger partial charge >= 0.3 is 0 Å². The molecule has 0 radical (unpaired) electrons.